The number of aliphatic hydroxyl groups is 2. The fourth-order valence-corrected chi connectivity index (χ4v) is 8.10. The molecule has 0 aromatic rings. The van der Waals surface area contributed by atoms with E-state index in [9.17, 15) is 38.6 Å². The van der Waals surface area contributed by atoms with Gasteiger partial charge in [-0.15, -0.1) is 11.8 Å². The summed E-state index contributed by atoms with van der Waals surface area (Å²) < 4.78 is 48.0. The lowest BCUT2D eigenvalue weighted by Crippen LogP contribution is -2.40. The number of hydrogen-bond donors (Lipinski definition) is 7. The first kappa shape index (κ1) is 64.3. The van der Waals surface area contributed by atoms with Crippen LogP contribution in [0.3, 0.4) is 0 Å². The third-order valence-electron chi connectivity index (χ3n) is 9.59. The number of carbonyl (C=O) groups excluding carboxylic acids is 2. The van der Waals surface area contributed by atoms with Crippen LogP contribution in [0.15, 0.2) is 72.9 Å². The molecule has 1 unspecified atom stereocenters. The molecule has 0 aliphatic carbocycles. The molecule has 386 valence electrons. The lowest BCUT2D eigenvalue weighted by Gasteiger charge is -2.23. The number of carboxylic acid groups (broad SMARTS) is 1. The summed E-state index contributed by atoms with van der Waals surface area (Å²) in [7, 11) is -9.91. The van der Waals surface area contributed by atoms with Gasteiger partial charge in [-0.2, -0.15) is 0 Å². The van der Waals surface area contributed by atoms with Crippen molar-refractivity contribution in [2.24, 2.45) is 5.73 Å². The van der Waals surface area contributed by atoms with Crippen LogP contribution in [0.5, 0.6) is 0 Å². The summed E-state index contributed by atoms with van der Waals surface area (Å²) in [6.07, 6.45) is 36.6. The highest BCUT2D eigenvalue weighted by Crippen LogP contribution is 2.44. The first-order chi connectivity index (χ1) is 32.0. The Balaban J connectivity index is 5.42. The van der Waals surface area contributed by atoms with E-state index in [1.54, 1.807) is 18.2 Å². The number of rotatable bonds is 44. The summed E-state index contributed by atoms with van der Waals surface area (Å²) in [5.74, 6) is -2.67. The van der Waals surface area contributed by atoms with E-state index in [4.69, 9.17) is 34.6 Å². The second kappa shape index (κ2) is 42.2. The largest absolute Gasteiger partial charge is 0.481 e. The van der Waals surface area contributed by atoms with E-state index >= 15 is 0 Å². The number of phosphoric ester groups is 2. The minimum atomic E-state index is -4.98. The number of thioether (sulfide) groups is 1. The first-order valence-electron chi connectivity index (χ1n) is 23.6. The summed E-state index contributed by atoms with van der Waals surface area (Å²) in [5.41, 5.74) is 6.18. The molecular formula is C47H81NO16P2S. The molecule has 0 fully saturated rings. The molecular weight excluding hydrogens is 929 g/mol. The van der Waals surface area contributed by atoms with E-state index in [-0.39, 0.29) is 31.4 Å². The van der Waals surface area contributed by atoms with E-state index in [0.29, 0.717) is 6.42 Å². The number of aliphatic hydroxyl groups excluding tert-OH is 2. The molecule has 0 spiro atoms. The third-order valence-corrected chi connectivity index (χ3v) is 12.4. The smallest absolute Gasteiger partial charge is 0.472 e. The highest BCUT2D eigenvalue weighted by molar-refractivity contribution is 8.00. The van der Waals surface area contributed by atoms with Crippen LogP contribution in [-0.2, 0) is 46.6 Å². The van der Waals surface area contributed by atoms with Gasteiger partial charge in [-0.25, -0.2) is 9.13 Å². The van der Waals surface area contributed by atoms with Crippen LogP contribution in [0.4, 0.5) is 0 Å². The van der Waals surface area contributed by atoms with Gasteiger partial charge in [0.2, 0.25) is 0 Å². The van der Waals surface area contributed by atoms with E-state index < -0.39 is 89.6 Å². The van der Waals surface area contributed by atoms with Crippen LogP contribution >= 0.6 is 27.4 Å². The molecule has 8 N–H and O–H groups in total. The van der Waals surface area contributed by atoms with Crippen molar-refractivity contribution in [2.75, 3.05) is 32.2 Å². The van der Waals surface area contributed by atoms with Crippen LogP contribution < -0.4 is 5.73 Å². The van der Waals surface area contributed by atoms with Crippen molar-refractivity contribution in [2.45, 2.75) is 172 Å². The van der Waals surface area contributed by atoms with E-state index in [2.05, 4.69) is 59.4 Å². The molecule has 0 radical (unpaired) electrons. The predicted molar refractivity (Wildman–Crippen MR) is 263 cm³/mol. The van der Waals surface area contributed by atoms with Crippen molar-refractivity contribution < 1.29 is 76.6 Å². The Kier molecular flexibility index (Phi) is 40.5. The van der Waals surface area contributed by atoms with Crippen molar-refractivity contribution in [1.82, 2.24) is 0 Å². The lowest BCUT2D eigenvalue weighted by molar-refractivity contribution is -0.161. The normalized spacial score (nSPS) is 15.8. The zero-order valence-corrected chi connectivity index (χ0v) is 42.2. The van der Waals surface area contributed by atoms with Gasteiger partial charge in [-0.1, -0.05) is 138 Å². The standard InChI is InChI=1S/C47H81NO16P2S/c1-3-5-7-9-11-13-15-17-18-19-21-23-25-27-29-34-46(53)60-37-41(38-63-66(58,59)62-36-40(49)35-61-65(55,56)57)64-47(54)42(48)39-67-44(43(50)31-30-33-45(51)52)32-28-26-24-22-20-16-14-12-10-8-6-4-2/h12-15,17-18,20,22,24,26,28,32,40-44,49-50H,3-11,16,19,21,23,25,27,29-31,33-39,48H2,1-2H3,(H,51,52)(H,58,59)(H2,55,56,57)/b14-12-,15-13-,18-17-,22-20-,26-24+,32-28+/t40-,41+,42-,43-,44+/m0/s1. The number of carbonyl (C=O) groups is 3. The predicted octanol–water partition coefficient (Wildman–Crippen LogP) is 9.10. The van der Waals surface area contributed by atoms with Gasteiger partial charge in [0.1, 0.15) is 18.8 Å². The van der Waals surface area contributed by atoms with E-state index in [1.165, 1.54) is 44.9 Å². The van der Waals surface area contributed by atoms with Crippen LogP contribution in [0, 0.1) is 0 Å². The van der Waals surface area contributed by atoms with Crippen molar-refractivity contribution in [3.8, 4) is 0 Å². The molecule has 0 saturated heterocycles. The topological polar surface area (TPSA) is 279 Å². The highest BCUT2D eigenvalue weighted by atomic mass is 32.2. The molecule has 6 atom stereocenters. The number of esters is 2. The van der Waals surface area contributed by atoms with E-state index in [1.807, 2.05) is 18.2 Å². The Hall–Kier alpha value is -2.70. The van der Waals surface area contributed by atoms with Gasteiger partial charge >= 0.3 is 33.6 Å². The molecule has 0 aromatic carbocycles. The van der Waals surface area contributed by atoms with Crippen molar-refractivity contribution >= 4 is 45.3 Å². The number of unbranched alkanes of at least 4 members (excludes halogenated alkanes) is 12. The third kappa shape index (κ3) is 43.1. The van der Waals surface area contributed by atoms with Crippen LogP contribution in [0.2, 0.25) is 0 Å². The Morgan fingerprint density at radius 1 is 0.642 bits per heavy atom. The second-order valence-corrected chi connectivity index (χ2v) is 19.8. The Morgan fingerprint density at radius 3 is 1.88 bits per heavy atom. The number of phosphoric acid groups is 2. The Labute approximate surface area is 403 Å². The first-order valence-corrected chi connectivity index (χ1v) is 27.7. The minimum absolute atomic E-state index is 0.0719. The molecule has 0 rings (SSSR count). The molecule has 0 amide bonds. The Bertz CT molecular complexity index is 1580. The fraction of sp³-hybridized carbons (Fsp3) is 0.681. The van der Waals surface area contributed by atoms with Gasteiger partial charge in [0.25, 0.3) is 0 Å². The molecule has 0 aliphatic rings. The molecule has 0 saturated carbocycles. The minimum Gasteiger partial charge on any atom is -0.481 e. The average Bonchev–Trinajstić information content (AvgIpc) is 3.27. The maximum atomic E-state index is 13.2. The lowest BCUT2D eigenvalue weighted by atomic mass is 10.1. The van der Waals surface area contributed by atoms with Gasteiger partial charge in [-0.05, 0) is 64.2 Å². The molecule has 0 heterocycles. The van der Waals surface area contributed by atoms with Crippen molar-refractivity contribution in [1.29, 1.82) is 0 Å². The maximum Gasteiger partial charge on any atom is 0.472 e. The van der Waals surface area contributed by atoms with Crippen LogP contribution in [0.1, 0.15) is 142 Å². The van der Waals surface area contributed by atoms with Crippen molar-refractivity contribution in [3.05, 3.63) is 72.9 Å². The van der Waals surface area contributed by atoms with Crippen molar-refractivity contribution in [3.63, 3.8) is 0 Å². The number of aliphatic carboxylic acids is 1. The zero-order valence-electron chi connectivity index (χ0n) is 39.6. The fourth-order valence-electron chi connectivity index (χ4n) is 5.82. The number of ether oxygens (including phenoxy) is 2. The molecule has 0 aromatic heterocycles. The monoisotopic (exact) mass is 1010 g/mol. The van der Waals surface area contributed by atoms with Gasteiger partial charge < -0.3 is 45.2 Å². The SMILES string of the molecule is CCCCC/C=C\C\C=C/C=C/C=C/[C@@H](SC[C@H](N)C(=O)O[C@H](COC(=O)CCCCCCC/C=C\C=C/CCCCCC)COP(=O)(O)OC[C@@H](O)COP(=O)(O)O)[C@@H](O)CCCC(=O)O. The number of carboxylic acids is 1. The number of allylic oxidation sites excluding steroid dienone is 11. The summed E-state index contributed by atoms with van der Waals surface area (Å²) in [4.78, 5) is 64.7. The molecule has 17 nitrogen and oxygen atoms in total. The molecule has 20 heteroatoms. The summed E-state index contributed by atoms with van der Waals surface area (Å²) >= 11 is 1.13. The van der Waals surface area contributed by atoms with E-state index in [0.717, 1.165) is 63.1 Å². The quantitative estimate of drug-likeness (QED) is 0.00985. The average molecular weight is 1010 g/mol. The van der Waals surface area contributed by atoms with Crippen LogP contribution in [0.25, 0.3) is 0 Å². The molecule has 0 aliphatic heterocycles. The van der Waals surface area contributed by atoms with Crippen LogP contribution in [-0.4, -0.2) is 110 Å². The highest BCUT2D eigenvalue weighted by Gasteiger charge is 2.30. The maximum absolute atomic E-state index is 13.2. The summed E-state index contributed by atoms with van der Waals surface area (Å²) in [5, 5.41) is 29.2. The Morgan fingerprint density at radius 2 is 1.21 bits per heavy atom. The molecule has 67 heavy (non-hydrogen) atoms. The van der Waals surface area contributed by atoms with Gasteiger partial charge in [-0.3, -0.25) is 28.0 Å². The second-order valence-electron chi connectivity index (χ2n) is 15.9. The zero-order chi connectivity index (χ0) is 50.0. The number of hydrogen-bond acceptors (Lipinski definition) is 14. The van der Waals surface area contributed by atoms with Gasteiger partial charge in [0.15, 0.2) is 6.10 Å². The number of nitrogens with two attached hydrogens (primary N) is 1. The summed E-state index contributed by atoms with van der Waals surface area (Å²) in [6.45, 7) is 1.11. The van der Waals surface area contributed by atoms with Gasteiger partial charge in [0, 0.05) is 23.8 Å². The molecule has 0 bridgehead atoms. The summed E-state index contributed by atoms with van der Waals surface area (Å²) in [6, 6.07) is -1.30. The van der Waals surface area contributed by atoms with Gasteiger partial charge in [0.05, 0.1) is 25.9 Å².